The number of hydrogen-bond donors (Lipinski definition) is 2. The third kappa shape index (κ3) is 3.12. The van der Waals surface area contributed by atoms with Crippen LogP contribution in [0.3, 0.4) is 0 Å². The van der Waals surface area contributed by atoms with E-state index in [4.69, 9.17) is 0 Å². The Morgan fingerprint density at radius 1 is 1.50 bits per heavy atom. The Balaban J connectivity index is 2.04. The number of hydrogen-bond acceptors (Lipinski definition) is 4. The SMILES string of the molecule is CNCc1csc(S(=O)(=O)NC(C)C2CCC2)c1. The predicted molar refractivity (Wildman–Crippen MR) is 74.2 cm³/mol. The van der Waals surface area contributed by atoms with Crippen LogP contribution in [0.4, 0.5) is 0 Å². The fourth-order valence-electron chi connectivity index (χ4n) is 2.13. The van der Waals surface area contributed by atoms with Gasteiger partial charge in [-0.15, -0.1) is 11.3 Å². The van der Waals surface area contributed by atoms with E-state index in [0.717, 1.165) is 18.4 Å². The molecule has 102 valence electrons. The second-order valence-corrected chi connectivity index (χ2v) is 7.76. The van der Waals surface area contributed by atoms with Crippen molar-refractivity contribution < 1.29 is 8.42 Å². The molecule has 0 bridgehead atoms. The van der Waals surface area contributed by atoms with Crippen LogP contribution in [-0.4, -0.2) is 21.5 Å². The van der Waals surface area contributed by atoms with Gasteiger partial charge in [0.25, 0.3) is 0 Å². The number of sulfonamides is 1. The summed E-state index contributed by atoms with van der Waals surface area (Å²) in [6.07, 6.45) is 3.50. The van der Waals surface area contributed by atoms with E-state index in [0.29, 0.717) is 16.7 Å². The molecular formula is C12H20N2O2S2. The molecule has 2 rings (SSSR count). The van der Waals surface area contributed by atoms with E-state index < -0.39 is 10.0 Å². The van der Waals surface area contributed by atoms with Crippen molar-refractivity contribution in [2.75, 3.05) is 7.05 Å². The van der Waals surface area contributed by atoms with Gasteiger partial charge in [0.2, 0.25) is 10.0 Å². The van der Waals surface area contributed by atoms with E-state index in [9.17, 15) is 8.42 Å². The summed E-state index contributed by atoms with van der Waals surface area (Å²) in [4.78, 5) is 0. The van der Waals surface area contributed by atoms with Gasteiger partial charge in [-0.05, 0) is 49.7 Å². The highest BCUT2D eigenvalue weighted by atomic mass is 32.2. The Morgan fingerprint density at radius 3 is 2.78 bits per heavy atom. The highest BCUT2D eigenvalue weighted by Gasteiger charge is 2.28. The highest BCUT2D eigenvalue weighted by molar-refractivity contribution is 7.91. The Labute approximate surface area is 113 Å². The third-order valence-electron chi connectivity index (χ3n) is 3.47. The molecule has 1 aromatic heterocycles. The molecule has 1 aliphatic carbocycles. The van der Waals surface area contributed by atoms with Crippen molar-refractivity contribution in [3.63, 3.8) is 0 Å². The van der Waals surface area contributed by atoms with Crippen LogP contribution in [0.5, 0.6) is 0 Å². The highest BCUT2D eigenvalue weighted by Crippen LogP contribution is 2.30. The summed E-state index contributed by atoms with van der Waals surface area (Å²) in [5.41, 5.74) is 1.01. The molecule has 1 aromatic rings. The number of rotatable bonds is 6. The van der Waals surface area contributed by atoms with Crippen molar-refractivity contribution in [1.82, 2.24) is 10.0 Å². The molecule has 1 saturated carbocycles. The van der Waals surface area contributed by atoms with Crippen molar-refractivity contribution in [1.29, 1.82) is 0 Å². The lowest BCUT2D eigenvalue weighted by atomic mass is 9.81. The fourth-order valence-corrected chi connectivity index (χ4v) is 4.67. The zero-order chi connectivity index (χ0) is 13.2. The van der Waals surface area contributed by atoms with E-state index in [1.54, 1.807) is 6.07 Å². The Hall–Kier alpha value is -0.430. The van der Waals surface area contributed by atoms with Crippen molar-refractivity contribution in [2.45, 2.75) is 43.0 Å². The smallest absolute Gasteiger partial charge is 0.250 e. The minimum atomic E-state index is -3.34. The monoisotopic (exact) mass is 288 g/mol. The molecule has 4 nitrogen and oxygen atoms in total. The molecule has 18 heavy (non-hydrogen) atoms. The minimum Gasteiger partial charge on any atom is -0.316 e. The topological polar surface area (TPSA) is 58.2 Å². The summed E-state index contributed by atoms with van der Waals surface area (Å²) in [5, 5.41) is 4.91. The third-order valence-corrected chi connectivity index (χ3v) is 6.52. The van der Waals surface area contributed by atoms with E-state index in [1.807, 2.05) is 19.4 Å². The summed E-state index contributed by atoms with van der Waals surface area (Å²) >= 11 is 1.29. The lowest BCUT2D eigenvalue weighted by Gasteiger charge is -2.31. The van der Waals surface area contributed by atoms with Crippen molar-refractivity contribution >= 4 is 21.4 Å². The van der Waals surface area contributed by atoms with E-state index in [1.165, 1.54) is 17.8 Å². The largest absolute Gasteiger partial charge is 0.316 e. The molecule has 1 fully saturated rings. The lowest BCUT2D eigenvalue weighted by molar-refractivity contribution is 0.260. The van der Waals surface area contributed by atoms with E-state index >= 15 is 0 Å². The maximum atomic E-state index is 12.2. The second-order valence-electron chi connectivity index (χ2n) is 4.91. The molecule has 0 amide bonds. The Bertz CT molecular complexity index is 492. The first-order chi connectivity index (χ1) is 8.53. The molecule has 2 N–H and O–H groups in total. The standard InChI is InChI=1S/C12H20N2O2S2/c1-9(11-4-3-5-11)14-18(15,16)12-6-10(7-13-2)8-17-12/h6,8-9,11,13-14H,3-5,7H2,1-2H3. The first-order valence-corrected chi connectivity index (χ1v) is 8.63. The van der Waals surface area contributed by atoms with Crippen LogP contribution in [-0.2, 0) is 16.6 Å². The van der Waals surface area contributed by atoms with Crippen LogP contribution in [0.15, 0.2) is 15.7 Å². The first kappa shape index (κ1) is 14.0. The van der Waals surface area contributed by atoms with Gasteiger partial charge in [-0.2, -0.15) is 0 Å². The van der Waals surface area contributed by atoms with Crippen LogP contribution in [0, 0.1) is 5.92 Å². The first-order valence-electron chi connectivity index (χ1n) is 6.27. The van der Waals surface area contributed by atoms with Crippen LogP contribution in [0.1, 0.15) is 31.7 Å². The van der Waals surface area contributed by atoms with Crippen LogP contribution in [0.2, 0.25) is 0 Å². The van der Waals surface area contributed by atoms with Gasteiger partial charge in [0.05, 0.1) is 0 Å². The molecule has 1 atom stereocenters. The summed E-state index contributed by atoms with van der Waals surface area (Å²) in [6.45, 7) is 2.66. The molecule has 1 unspecified atom stereocenters. The average Bonchev–Trinajstić information content (AvgIpc) is 2.63. The van der Waals surface area contributed by atoms with Gasteiger partial charge >= 0.3 is 0 Å². The molecule has 0 saturated heterocycles. The maximum absolute atomic E-state index is 12.2. The van der Waals surface area contributed by atoms with Crippen molar-refractivity contribution in [3.8, 4) is 0 Å². The van der Waals surface area contributed by atoms with Crippen LogP contribution in [0.25, 0.3) is 0 Å². The number of thiophene rings is 1. The summed E-state index contributed by atoms with van der Waals surface area (Å²) in [6, 6.07) is 1.79. The van der Waals surface area contributed by atoms with Gasteiger partial charge < -0.3 is 5.32 Å². The summed E-state index contributed by atoms with van der Waals surface area (Å²) in [5.74, 6) is 0.511. The minimum absolute atomic E-state index is 0.0404. The molecule has 1 aliphatic rings. The molecular weight excluding hydrogens is 268 g/mol. The quantitative estimate of drug-likeness (QED) is 0.841. The predicted octanol–water partition coefficient (Wildman–Crippen LogP) is 1.93. The zero-order valence-corrected chi connectivity index (χ0v) is 12.4. The van der Waals surface area contributed by atoms with Crippen LogP contribution >= 0.6 is 11.3 Å². The van der Waals surface area contributed by atoms with Gasteiger partial charge in [-0.1, -0.05) is 6.42 Å². The van der Waals surface area contributed by atoms with Gasteiger partial charge in [0, 0.05) is 12.6 Å². The van der Waals surface area contributed by atoms with Crippen molar-refractivity contribution in [3.05, 3.63) is 17.0 Å². The van der Waals surface area contributed by atoms with Gasteiger partial charge in [-0.25, -0.2) is 13.1 Å². The Morgan fingerprint density at radius 2 is 2.22 bits per heavy atom. The summed E-state index contributed by atoms with van der Waals surface area (Å²) in [7, 11) is -1.49. The van der Waals surface area contributed by atoms with Crippen LogP contribution < -0.4 is 10.0 Å². The fraction of sp³-hybridized carbons (Fsp3) is 0.667. The van der Waals surface area contributed by atoms with Gasteiger partial charge in [0.15, 0.2) is 0 Å². The van der Waals surface area contributed by atoms with E-state index in [2.05, 4.69) is 10.0 Å². The molecule has 0 aliphatic heterocycles. The molecule has 0 radical (unpaired) electrons. The molecule has 0 spiro atoms. The second kappa shape index (κ2) is 5.69. The maximum Gasteiger partial charge on any atom is 0.250 e. The van der Waals surface area contributed by atoms with Crippen molar-refractivity contribution in [2.24, 2.45) is 5.92 Å². The summed E-state index contributed by atoms with van der Waals surface area (Å²) < 4.78 is 27.6. The zero-order valence-electron chi connectivity index (χ0n) is 10.8. The normalized spacial score (nSPS) is 18.6. The Kier molecular flexibility index (Phi) is 4.42. The lowest BCUT2D eigenvalue weighted by Crippen LogP contribution is -2.40. The number of nitrogens with one attached hydrogen (secondary N) is 2. The molecule has 6 heteroatoms. The molecule has 0 aromatic carbocycles. The van der Waals surface area contributed by atoms with Gasteiger partial charge in [-0.3, -0.25) is 0 Å². The molecule has 1 heterocycles. The van der Waals surface area contributed by atoms with Gasteiger partial charge in [0.1, 0.15) is 4.21 Å². The average molecular weight is 288 g/mol. The van der Waals surface area contributed by atoms with E-state index in [-0.39, 0.29) is 6.04 Å².